The Morgan fingerprint density at radius 1 is 1.14 bits per heavy atom. The Kier molecular flexibility index (Phi) is 6.54. The van der Waals surface area contributed by atoms with Crippen molar-refractivity contribution < 1.29 is 9.66 Å². The number of ether oxygens (including phenoxy) is 1. The van der Waals surface area contributed by atoms with Gasteiger partial charge in [0.05, 0.1) is 27.8 Å². The second-order valence-electron chi connectivity index (χ2n) is 8.01. The molecular weight excluding hydrogens is 498 g/mol. The minimum absolute atomic E-state index is 0.149. The lowest BCUT2D eigenvalue weighted by Gasteiger charge is -2.19. The minimum Gasteiger partial charge on any atom is -0.487 e. The number of allylic oxidation sites excluding steroid dienone is 1. The average molecular weight is 518 g/mol. The number of halogens is 1. The van der Waals surface area contributed by atoms with Crippen molar-refractivity contribution in [1.82, 2.24) is 4.57 Å². The molecule has 0 N–H and O–H groups in total. The van der Waals surface area contributed by atoms with E-state index in [4.69, 9.17) is 21.3 Å². The molecule has 9 heteroatoms. The summed E-state index contributed by atoms with van der Waals surface area (Å²) in [5.41, 5.74) is 2.76. The first kappa shape index (κ1) is 23.7. The maximum atomic E-state index is 13.6. The summed E-state index contributed by atoms with van der Waals surface area (Å²) in [5, 5.41) is 12.1. The second-order valence-corrected chi connectivity index (χ2v) is 9.46. The number of nitro benzene ring substituents is 1. The molecule has 180 valence electrons. The molecule has 0 amide bonds. The van der Waals surface area contributed by atoms with E-state index in [1.807, 2.05) is 48.5 Å². The molecule has 4 aromatic rings. The standard InChI is InChI=1S/C27H20ClN3O4S/c1-2-35-24-13-8-17(14-23(24)31(33)34)15-25-26(32)30-22(19-9-11-20(28)12-10-19)16-21(29-27(30)36-25)18-6-4-3-5-7-18/h3-16,22H,2H2,1H3. The molecule has 1 aliphatic heterocycles. The van der Waals surface area contributed by atoms with Gasteiger partial charge < -0.3 is 4.74 Å². The highest BCUT2D eigenvalue weighted by molar-refractivity contribution is 7.07. The second kappa shape index (κ2) is 9.93. The van der Waals surface area contributed by atoms with Crippen LogP contribution in [0.1, 0.15) is 29.7 Å². The van der Waals surface area contributed by atoms with Crippen molar-refractivity contribution >= 4 is 40.4 Å². The maximum Gasteiger partial charge on any atom is 0.311 e. The molecular formula is C27H20ClN3O4S. The van der Waals surface area contributed by atoms with Crippen molar-refractivity contribution in [3.05, 3.63) is 130 Å². The van der Waals surface area contributed by atoms with Gasteiger partial charge in [-0.05, 0) is 54.0 Å². The molecule has 3 aromatic carbocycles. The molecule has 36 heavy (non-hydrogen) atoms. The fraction of sp³-hybridized carbons (Fsp3) is 0.111. The predicted molar refractivity (Wildman–Crippen MR) is 141 cm³/mol. The van der Waals surface area contributed by atoms with Crippen LogP contribution in [0.25, 0.3) is 11.8 Å². The van der Waals surface area contributed by atoms with Gasteiger partial charge in [0.1, 0.15) is 0 Å². The summed E-state index contributed by atoms with van der Waals surface area (Å²) in [7, 11) is 0. The topological polar surface area (TPSA) is 86.7 Å². The van der Waals surface area contributed by atoms with Gasteiger partial charge in [0.25, 0.3) is 5.56 Å². The van der Waals surface area contributed by atoms with Gasteiger partial charge in [0.2, 0.25) is 0 Å². The quantitative estimate of drug-likeness (QED) is 0.267. The molecule has 2 heterocycles. The Balaban J connectivity index is 1.68. The van der Waals surface area contributed by atoms with Crippen molar-refractivity contribution in [2.45, 2.75) is 13.0 Å². The third-order valence-corrected chi connectivity index (χ3v) is 6.94. The number of fused-ring (bicyclic) bond motifs is 1. The van der Waals surface area contributed by atoms with Gasteiger partial charge in [-0.1, -0.05) is 71.5 Å². The Morgan fingerprint density at radius 3 is 2.58 bits per heavy atom. The van der Waals surface area contributed by atoms with Gasteiger partial charge in [0.15, 0.2) is 10.6 Å². The number of thiazole rings is 1. The summed E-state index contributed by atoms with van der Waals surface area (Å²) >= 11 is 7.35. The van der Waals surface area contributed by atoms with Crippen LogP contribution >= 0.6 is 22.9 Å². The average Bonchev–Trinajstić information content (AvgIpc) is 3.20. The largest absolute Gasteiger partial charge is 0.487 e. The number of aromatic nitrogens is 1. The van der Waals surface area contributed by atoms with E-state index in [9.17, 15) is 14.9 Å². The molecule has 1 unspecified atom stereocenters. The minimum atomic E-state index is -0.489. The summed E-state index contributed by atoms with van der Waals surface area (Å²) in [5.74, 6) is 0.191. The number of hydrogen-bond donors (Lipinski definition) is 0. The first-order valence-corrected chi connectivity index (χ1v) is 12.4. The molecule has 0 bridgehead atoms. The van der Waals surface area contributed by atoms with Crippen LogP contribution in [0.15, 0.2) is 88.7 Å². The maximum absolute atomic E-state index is 13.6. The number of benzene rings is 3. The summed E-state index contributed by atoms with van der Waals surface area (Å²) in [6.07, 6.45) is 3.61. The predicted octanol–water partition coefficient (Wildman–Crippen LogP) is 4.96. The molecule has 1 atom stereocenters. The van der Waals surface area contributed by atoms with Crippen LogP contribution < -0.4 is 19.6 Å². The number of nitro groups is 1. The van der Waals surface area contributed by atoms with Gasteiger partial charge in [-0.25, -0.2) is 4.99 Å². The van der Waals surface area contributed by atoms with Crippen molar-refractivity contribution in [1.29, 1.82) is 0 Å². The smallest absolute Gasteiger partial charge is 0.311 e. The monoisotopic (exact) mass is 517 g/mol. The zero-order chi connectivity index (χ0) is 25.2. The van der Waals surface area contributed by atoms with Crippen LogP contribution in [0.2, 0.25) is 5.02 Å². The molecule has 1 aliphatic rings. The molecule has 0 radical (unpaired) electrons. The van der Waals surface area contributed by atoms with Gasteiger partial charge >= 0.3 is 5.69 Å². The third-order valence-electron chi connectivity index (χ3n) is 5.71. The van der Waals surface area contributed by atoms with Crippen LogP contribution in [-0.2, 0) is 0 Å². The molecule has 0 aliphatic carbocycles. The summed E-state index contributed by atoms with van der Waals surface area (Å²) in [4.78, 5) is 30.0. The van der Waals surface area contributed by atoms with Crippen molar-refractivity contribution in [3.63, 3.8) is 0 Å². The van der Waals surface area contributed by atoms with E-state index in [0.717, 1.165) is 16.8 Å². The summed E-state index contributed by atoms with van der Waals surface area (Å²) in [6.45, 7) is 2.08. The van der Waals surface area contributed by atoms with Crippen molar-refractivity contribution in [3.8, 4) is 5.75 Å². The first-order chi connectivity index (χ1) is 17.4. The Labute approximate surface area is 215 Å². The SMILES string of the molecule is CCOc1ccc(C=c2sc3n(c2=O)C(c2ccc(Cl)cc2)C=C(c2ccccc2)N=3)cc1[N+](=O)[O-]. The van der Waals surface area contributed by atoms with E-state index < -0.39 is 4.92 Å². The van der Waals surface area contributed by atoms with Gasteiger partial charge in [0, 0.05) is 11.1 Å². The van der Waals surface area contributed by atoms with E-state index in [1.165, 1.54) is 17.4 Å². The molecule has 0 saturated heterocycles. The van der Waals surface area contributed by atoms with Crippen LogP contribution in [0.5, 0.6) is 5.75 Å². The Morgan fingerprint density at radius 2 is 1.89 bits per heavy atom. The molecule has 5 rings (SSSR count). The summed E-state index contributed by atoms with van der Waals surface area (Å²) < 4.78 is 7.44. The van der Waals surface area contributed by atoms with E-state index in [1.54, 1.807) is 41.8 Å². The molecule has 1 aromatic heterocycles. The molecule has 0 fully saturated rings. The fourth-order valence-corrected chi connectivity index (χ4v) is 5.19. The number of hydrogen-bond acceptors (Lipinski definition) is 6. The summed E-state index contributed by atoms with van der Waals surface area (Å²) in [6, 6.07) is 21.4. The first-order valence-electron chi connectivity index (χ1n) is 11.2. The highest BCUT2D eigenvalue weighted by Crippen LogP contribution is 2.29. The lowest BCUT2D eigenvalue weighted by atomic mass is 10.0. The normalized spacial score (nSPS) is 15.1. The molecule has 0 spiro atoms. The number of rotatable bonds is 6. The van der Waals surface area contributed by atoms with E-state index in [0.29, 0.717) is 26.5 Å². The lowest BCUT2D eigenvalue weighted by Crippen LogP contribution is -2.36. The highest BCUT2D eigenvalue weighted by Gasteiger charge is 2.23. The van der Waals surface area contributed by atoms with Crippen LogP contribution in [0.3, 0.4) is 0 Å². The lowest BCUT2D eigenvalue weighted by molar-refractivity contribution is -0.385. The van der Waals surface area contributed by atoms with Crippen LogP contribution in [0, 0.1) is 10.1 Å². The molecule has 7 nitrogen and oxygen atoms in total. The van der Waals surface area contributed by atoms with Crippen LogP contribution in [0.4, 0.5) is 5.69 Å². The third kappa shape index (κ3) is 4.60. The van der Waals surface area contributed by atoms with E-state index in [-0.39, 0.29) is 23.0 Å². The van der Waals surface area contributed by atoms with Gasteiger partial charge in [-0.3, -0.25) is 19.5 Å². The fourth-order valence-electron chi connectivity index (χ4n) is 4.05. The van der Waals surface area contributed by atoms with Crippen molar-refractivity contribution in [2.75, 3.05) is 6.61 Å². The van der Waals surface area contributed by atoms with Gasteiger partial charge in [-0.2, -0.15) is 0 Å². The Bertz CT molecular complexity index is 1660. The zero-order valence-electron chi connectivity index (χ0n) is 19.1. The van der Waals surface area contributed by atoms with Crippen LogP contribution in [-0.4, -0.2) is 16.1 Å². The zero-order valence-corrected chi connectivity index (χ0v) is 20.7. The number of nitrogens with zero attached hydrogens (tertiary/aromatic N) is 3. The Hall–Kier alpha value is -4.01. The highest BCUT2D eigenvalue weighted by atomic mass is 35.5. The van der Waals surface area contributed by atoms with E-state index in [2.05, 4.69) is 0 Å². The van der Waals surface area contributed by atoms with Crippen molar-refractivity contribution in [2.24, 2.45) is 4.99 Å². The van der Waals surface area contributed by atoms with E-state index >= 15 is 0 Å². The molecule has 0 saturated carbocycles. The van der Waals surface area contributed by atoms with Gasteiger partial charge in [-0.15, -0.1) is 0 Å².